The molecule has 0 spiro atoms. The summed E-state index contributed by atoms with van der Waals surface area (Å²) in [7, 11) is 0. The topological polar surface area (TPSA) is 87.6 Å². The summed E-state index contributed by atoms with van der Waals surface area (Å²) >= 11 is 0. The van der Waals surface area contributed by atoms with Gasteiger partial charge in [0, 0.05) is 30.0 Å². The van der Waals surface area contributed by atoms with Gasteiger partial charge in [0.25, 0.3) is 0 Å². The fraction of sp³-hybridized carbons (Fsp3) is 0.278. The minimum absolute atomic E-state index is 0.0331. The van der Waals surface area contributed by atoms with Crippen molar-refractivity contribution in [2.24, 2.45) is 0 Å². The predicted octanol–water partition coefficient (Wildman–Crippen LogP) is 1.87. The van der Waals surface area contributed by atoms with Crippen molar-refractivity contribution < 1.29 is 4.79 Å². The van der Waals surface area contributed by atoms with Gasteiger partial charge in [-0.2, -0.15) is 5.10 Å². The van der Waals surface area contributed by atoms with Crippen molar-refractivity contribution >= 4 is 11.6 Å². The number of benzene rings is 1. The summed E-state index contributed by atoms with van der Waals surface area (Å²) in [5.41, 5.74) is 6.08. The van der Waals surface area contributed by atoms with Crippen LogP contribution in [0.4, 0.5) is 5.69 Å². The normalized spacial score (nSPS) is 16.5. The molecule has 0 bridgehead atoms. The van der Waals surface area contributed by atoms with Crippen LogP contribution in [0.3, 0.4) is 0 Å². The summed E-state index contributed by atoms with van der Waals surface area (Å²) in [5.74, 6) is -0.0331. The lowest BCUT2D eigenvalue weighted by Crippen LogP contribution is -2.44. The van der Waals surface area contributed by atoms with Crippen molar-refractivity contribution in [3.8, 4) is 5.69 Å². The van der Waals surface area contributed by atoms with Crippen LogP contribution in [-0.2, 0) is 17.8 Å². The standard InChI is InChI=1S/C18H20N6O/c1-11-12(2)24(10-20-11)15-5-3-14(4-6-15)22-18(25)16-7-13-8-21-23-17(13)9-19-16/h3-6,8,10,16,19H,7,9H2,1-2H3,(H,21,23)(H,22,25). The predicted molar refractivity (Wildman–Crippen MR) is 94.6 cm³/mol. The van der Waals surface area contributed by atoms with Crippen molar-refractivity contribution in [3.63, 3.8) is 0 Å². The molecule has 3 heterocycles. The van der Waals surface area contributed by atoms with Crippen LogP contribution < -0.4 is 10.6 Å². The Morgan fingerprint density at radius 1 is 1.28 bits per heavy atom. The number of imidazole rings is 1. The molecule has 1 aliphatic rings. The number of aryl methyl sites for hydroxylation is 1. The number of aromatic amines is 1. The largest absolute Gasteiger partial charge is 0.325 e. The highest BCUT2D eigenvalue weighted by Gasteiger charge is 2.25. The number of hydrogen-bond acceptors (Lipinski definition) is 4. The zero-order chi connectivity index (χ0) is 17.4. The molecule has 1 aromatic carbocycles. The molecule has 0 aliphatic carbocycles. The quantitative estimate of drug-likeness (QED) is 0.681. The molecule has 1 aliphatic heterocycles. The van der Waals surface area contributed by atoms with E-state index in [2.05, 4.69) is 25.8 Å². The van der Waals surface area contributed by atoms with Gasteiger partial charge in [-0.25, -0.2) is 4.98 Å². The second-order valence-corrected chi connectivity index (χ2v) is 6.33. The van der Waals surface area contributed by atoms with E-state index in [-0.39, 0.29) is 11.9 Å². The lowest BCUT2D eigenvalue weighted by atomic mass is 10.0. The average Bonchev–Trinajstić information content (AvgIpc) is 3.22. The van der Waals surface area contributed by atoms with E-state index in [4.69, 9.17) is 0 Å². The molecular weight excluding hydrogens is 316 g/mol. The van der Waals surface area contributed by atoms with Gasteiger partial charge in [-0.05, 0) is 43.7 Å². The molecule has 7 nitrogen and oxygen atoms in total. The second-order valence-electron chi connectivity index (χ2n) is 6.33. The summed E-state index contributed by atoms with van der Waals surface area (Å²) in [6, 6.07) is 7.53. The van der Waals surface area contributed by atoms with Crippen LogP contribution in [0.5, 0.6) is 0 Å². The highest BCUT2D eigenvalue weighted by molar-refractivity contribution is 5.95. The van der Waals surface area contributed by atoms with Gasteiger partial charge in [0.2, 0.25) is 5.91 Å². The number of rotatable bonds is 3. The molecular formula is C18H20N6O. The van der Waals surface area contributed by atoms with E-state index in [0.717, 1.165) is 34.0 Å². The van der Waals surface area contributed by atoms with Crippen molar-refractivity contribution in [2.75, 3.05) is 5.32 Å². The van der Waals surface area contributed by atoms with Crippen molar-refractivity contribution in [1.82, 2.24) is 25.1 Å². The second kappa shape index (κ2) is 6.18. The first-order valence-corrected chi connectivity index (χ1v) is 8.28. The summed E-state index contributed by atoms with van der Waals surface area (Å²) in [5, 5.41) is 13.2. The maximum atomic E-state index is 12.5. The Morgan fingerprint density at radius 3 is 2.80 bits per heavy atom. The number of carbonyl (C=O) groups is 1. The summed E-state index contributed by atoms with van der Waals surface area (Å²) in [4.78, 5) is 16.8. The molecule has 25 heavy (non-hydrogen) atoms. The number of hydrogen-bond donors (Lipinski definition) is 3. The molecule has 4 rings (SSSR count). The number of aromatic nitrogens is 4. The Bertz CT molecular complexity index is 908. The number of nitrogens with one attached hydrogen (secondary N) is 3. The van der Waals surface area contributed by atoms with Crippen LogP contribution in [0.2, 0.25) is 0 Å². The highest BCUT2D eigenvalue weighted by atomic mass is 16.2. The summed E-state index contributed by atoms with van der Waals surface area (Å²) < 4.78 is 2.03. The molecule has 3 N–H and O–H groups in total. The smallest absolute Gasteiger partial charge is 0.241 e. The van der Waals surface area contributed by atoms with E-state index in [1.165, 1.54) is 0 Å². The van der Waals surface area contributed by atoms with Gasteiger partial charge in [0.1, 0.15) is 0 Å². The van der Waals surface area contributed by atoms with Crippen molar-refractivity contribution in [3.05, 3.63) is 59.4 Å². The zero-order valence-corrected chi connectivity index (χ0v) is 14.2. The molecule has 128 valence electrons. The van der Waals surface area contributed by atoms with Crippen LogP contribution in [0.25, 0.3) is 5.69 Å². The van der Waals surface area contributed by atoms with Gasteiger partial charge < -0.3 is 9.88 Å². The Labute approximate surface area is 145 Å². The number of nitrogens with zero attached hydrogens (tertiary/aromatic N) is 3. The number of carbonyl (C=O) groups excluding carboxylic acids is 1. The molecule has 1 amide bonds. The molecule has 3 aromatic rings. The van der Waals surface area contributed by atoms with E-state index in [9.17, 15) is 4.79 Å². The molecule has 0 radical (unpaired) electrons. The fourth-order valence-electron chi connectivity index (χ4n) is 3.06. The number of amides is 1. The first-order valence-electron chi connectivity index (χ1n) is 8.28. The van der Waals surface area contributed by atoms with Gasteiger partial charge in [0.05, 0.1) is 30.0 Å². The van der Waals surface area contributed by atoms with E-state index in [1.54, 1.807) is 6.20 Å². The number of anilines is 1. The van der Waals surface area contributed by atoms with E-state index < -0.39 is 0 Å². The first-order chi connectivity index (χ1) is 12.1. The number of H-pyrrole nitrogens is 1. The van der Waals surface area contributed by atoms with Crippen LogP contribution in [-0.4, -0.2) is 31.7 Å². The van der Waals surface area contributed by atoms with Gasteiger partial charge in [0.15, 0.2) is 0 Å². The summed E-state index contributed by atoms with van der Waals surface area (Å²) in [6.07, 6.45) is 4.25. The zero-order valence-electron chi connectivity index (χ0n) is 14.2. The lowest BCUT2D eigenvalue weighted by molar-refractivity contribution is -0.118. The lowest BCUT2D eigenvalue weighted by Gasteiger charge is -2.22. The SMILES string of the molecule is Cc1ncn(-c2ccc(NC(=O)C3Cc4cn[nH]c4CN3)cc2)c1C. The van der Waals surface area contributed by atoms with E-state index in [1.807, 2.05) is 49.0 Å². The van der Waals surface area contributed by atoms with E-state index >= 15 is 0 Å². The third-order valence-corrected chi connectivity index (χ3v) is 4.74. The van der Waals surface area contributed by atoms with Gasteiger partial charge in [-0.1, -0.05) is 0 Å². The Morgan fingerprint density at radius 2 is 2.08 bits per heavy atom. The maximum absolute atomic E-state index is 12.5. The van der Waals surface area contributed by atoms with E-state index in [0.29, 0.717) is 13.0 Å². The van der Waals surface area contributed by atoms with Gasteiger partial charge >= 0.3 is 0 Å². The minimum atomic E-state index is -0.247. The summed E-state index contributed by atoms with van der Waals surface area (Å²) in [6.45, 7) is 4.66. The van der Waals surface area contributed by atoms with Crippen LogP contribution in [0.1, 0.15) is 22.6 Å². The molecule has 1 atom stereocenters. The number of fused-ring (bicyclic) bond motifs is 1. The first kappa shape index (κ1) is 15.6. The monoisotopic (exact) mass is 336 g/mol. The van der Waals surface area contributed by atoms with Crippen LogP contribution in [0.15, 0.2) is 36.8 Å². The molecule has 7 heteroatoms. The minimum Gasteiger partial charge on any atom is -0.325 e. The molecule has 1 unspecified atom stereocenters. The third kappa shape index (κ3) is 2.94. The third-order valence-electron chi connectivity index (χ3n) is 4.74. The molecule has 0 saturated carbocycles. The van der Waals surface area contributed by atoms with Gasteiger partial charge in [-0.15, -0.1) is 0 Å². The maximum Gasteiger partial charge on any atom is 0.241 e. The molecule has 0 fully saturated rings. The molecule has 2 aromatic heterocycles. The van der Waals surface area contributed by atoms with Crippen molar-refractivity contribution in [1.29, 1.82) is 0 Å². The van der Waals surface area contributed by atoms with Crippen molar-refractivity contribution in [2.45, 2.75) is 32.9 Å². The fourth-order valence-corrected chi connectivity index (χ4v) is 3.06. The van der Waals surface area contributed by atoms with Crippen LogP contribution in [0, 0.1) is 13.8 Å². The van der Waals surface area contributed by atoms with Crippen LogP contribution >= 0.6 is 0 Å². The Balaban J connectivity index is 1.45. The van der Waals surface area contributed by atoms with Gasteiger partial charge in [-0.3, -0.25) is 15.2 Å². The Kier molecular flexibility index (Phi) is 3.85. The average molecular weight is 336 g/mol. The molecule has 0 saturated heterocycles. The Hall–Kier alpha value is -2.93. The highest BCUT2D eigenvalue weighted by Crippen LogP contribution is 2.18.